The van der Waals surface area contributed by atoms with E-state index in [0.717, 1.165) is 16.3 Å². The average molecular weight is 230 g/mol. The first-order valence-electron chi connectivity index (χ1n) is 5.02. The smallest absolute Gasteiger partial charge is 0.211 e. The minimum atomic E-state index is -0.213. The van der Waals surface area contributed by atoms with E-state index in [2.05, 4.69) is 10.5 Å². The summed E-state index contributed by atoms with van der Waals surface area (Å²) in [7, 11) is 0. The Bertz CT molecular complexity index is 493. The summed E-state index contributed by atoms with van der Waals surface area (Å²) in [6.45, 7) is 0. The highest BCUT2D eigenvalue weighted by molar-refractivity contribution is 7.10. The molecule has 0 saturated heterocycles. The van der Waals surface area contributed by atoms with Crippen LogP contribution in [0.5, 0.6) is 0 Å². The molecule has 0 bridgehead atoms. The first-order chi connectivity index (χ1) is 7.93. The van der Waals surface area contributed by atoms with E-state index in [9.17, 15) is 0 Å². The number of aliphatic imine (C=N–C) groups is 1. The van der Waals surface area contributed by atoms with Crippen LogP contribution >= 0.6 is 11.3 Å². The van der Waals surface area contributed by atoms with Gasteiger partial charge in [-0.2, -0.15) is 0 Å². The summed E-state index contributed by atoms with van der Waals surface area (Å²) in [5.74, 6) is 0.791. The van der Waals surface area contributed by atoms with Crippen LogP contribution in [0, 0.1) is 0 Å². The minimum Gasteiger partial charge on any atom is -0.246 e. The van der Waals surface area contributed by atoms with Crippen LogP contribution in [0.15, 0.2) is 52.8 Å². The predicted octanol–water partition coefficient (Wildman–Crippen LogP) is 2.73. The Labute approximate surface area is 97.4 Å². The third-order valence-electron chi connectivity index (χ3n) is 2.35. The van der Waals surface area contributed by atoms with Crippen molar-refractivity contribution in [3.8, 4) is 0 Å². The van der Waals surface area contributed by atoms with Crippen LogP contribution in [0.2, 0.25) is 0 Å². The topological polar surface area (TPSA) is 33.6 Å². The second-order valence-electron chi connectivity index (χ2n) is 3.43. The van der Waals surface area contributed by atoms with Crippen LogP contribution in [0.4, 0.5) is 0 Å². The van der Waals surface area contributed by atoms with Crippen molar-refractivity contribution in [2.75, 3.05) is 0 Å². The molecule has 0 spiro atoms. The average Bonchev–Trinajstić information content (AvgIpc) is 3.01. The summed E-state index contributed by atoms with van der Waals surface area (Å²) in [6, 6.07) is 14.0. The molecule has 4 heteroatoms. The van der Waals surface area contributed by atoms with E-state index < -0.39 is 0 Å². The molecular weight excluding hydrogens is 220 g/mol. The van der Waals surface area contributed by atoms with Gasteiger partial charge in [-0.3, -0.25) is 0 Å². The quantitative estimate of drug-likeness (QED) is 0.860. The minimum absolute atomic E-state index is 0.213. The molecule has 2 heterocycles. The first-order valence-corrected chi connectivity index (χ1v) is 5.90. The summed E-state index contributed by atoms with van der Waals surface area (Å²) in [5, 5.41) is 2.02. The van der Waals surface area contributed by atoms with Crippen molar-refractivity contribution in [1.29, 1.82) is 0 Å². The van der Waals surface area contributed by atoms with Gasteiger partial charge in [0.05, 0.1) is 4.88 Å². The first kappa shape index (κ1) is 9.57. The molecule has 2 aromatic rings. The number of hydrogen-bond acceptors (Lipinski definition) is 4. The SMILES string of the molecule is c1ccc(C2=NC(c3cccs3)ON2)cc1. The molecule has 0 radical (unpaired) electrons. The van der Waals surface area contributed by atoms with Crippen LogP contribution in [-0.4, -0.2) is 5.84 Å². The van der Waals surface area contributed by atoms with Crippen molar-refractivity contribution in [2.45, 2.75) is 6.23 Å². The zero-order valence-electron chi connectivity index (χ0n) is 8.46. The molecule has 80 valence electrons. The molecule has 1 aromatic carbocycles. The van der Waals surface area contributed by atoms with Crippen LogP contribution < -0.4 is 5.48 Å². The van der Waals surface area contributed by atoms with Gasteiger partial charge in [0, 0.05) is 5.56 Å². The van der Waals surface area contributed by atoms with Crippen LogP contribution in [0.3, 0.4) is 0 Å². The molecule has 3 nitrogen and oxygen atoms in total. The van der Waals surface area contributed by atoms with Crippen molar-refractivity contribution >= 4 is 17.2 Å². The zero-order chi connectivity index (χ0) is 10.8. The molecule has 0 fully saturated rings. The lowest BCUT2D eigenvalue weighted by molar-refractivity contribution is 0.0399. The van der Waals surface area contributed by atoms with E-state index in [1.807, 2.05) is 47.8 Å². The third kappa shape index (κ3) is 1.73. The van der Waals surface area contributed by atoms with Crippen molar-refractivity contribution in [2.24, 2.45) is 4.99 Å². The number of rotatable bonds is 2. The maximum atomic E-state index is 5.42. The summed E-state index contributed by atoms with van der Waals surface area (Å²) in [6.07, 6.45) is -0.213. The van der Waals surface area contributed by atoms with E-state index in [4.69, 9.17) is 4.84 Å². The fourth-order valence-corrected chi connectivity index (χ4v) is 2.25. The Morgan fingerprint density at radius 1 is 1.12 bits per heavy atom. The van der Waals surface area contributed by atoms with Crippen molar-refractivity contribution < 1.29 is 4.84 Å². The highest BCUT2D eigenvalue weighted by Gasteiger charge is 2.21. The van der Waals surface area contributed by atoms with E-state index >= 15 is 0 Å². The monoisotopic (exact) mass is 230 g/mol. The third-order valence-corrected chi connectivity index (χ3v) is 3.25. The van der Waals surface area contributed by atoms with E-state index in [1.54, 1.807) is 11.3 Å². The number of amidine groups is 1. The number of thiophene rings is 1. The number of hydroxylamine groups is 1. The molecule has 3 rings (SSSR count). The van der Waals surface area contributed by atoms with Gasteiger partial charge in [0.2, 0.25) is 6.23 Å². The Morgan fingerprint density at radius 2 is 2.00 bits per heavy atom. The lowest BCUT2D eigenvalue weighted by Gasteiger charge is -2.01. The second kappa shape index (κ2) is 4.08. The standard InChI is InChI=1S/C12H10N2OS/c1-2-5-9(6-3-1)11-13-12(15-14-11)10-7-4-8-16-10/h1-8,12H,(H,13,14). The maximum absolute atomic E-state index is 5.42. The molecule has 1 N–H and O–H groups in total. The van der Waals surface area contributed by atoms with E-state index in [1.165, 1.54) is 0 Å². The van der Waals surface area contributed by atoms with E-state index in [-0.39, 0.29) is 6.23 Å². The Balaban J connectivity index is 1.87. The molecular formula is C12H10N2OS. The number of nitrogens with zero attached hydrogens (tertiary/aromatic N) is 1. The second-order valence-corrected chi connectivity index (χ2v) is 4.41. The Morgan fingerprint density at radius 3 is 2.75 bits per heavy atom. The molecule has 0 saturated carbocycles. The zero-order valence-corrected chi connectivity index (χ0v) is 9.28. The van der Waals surface area contributed by atoms with Crippen LogP contribution in [0.25, 0.3) is 0 Å². The molecule has 1 aromatic heterocycles. The fourth-order valence-electron chi connectivity index (χ4n) is 1.56. The largest absolute Gasteiger partial charge is 0.246 e. The molecule has 1 aliphatic rings. The van der Waals surface area contributed by atoms with Gasteiger partial charge in [-0.05, 0) is 11.4 Å². The lowest BCUT2D eigenvalue weighted by Crippen LogP contribution is -2.17. The summed E-state index contributed by atoms with van der Waals surface area (Å²) < 4.78 is 0. The molecule has 1 atom stereocenters. The summed E-state index contributed by atoms with van der Waals surface area (Å²) >= 11 is 1.65. The van der Waals surface area contributed by atoms with Crippen molar-refractivity contribution in [3.05, 3.63) is 58.3 Å². The molecule has 16 heavy (non-hydrogen) atoms. The van der Waals surface area contributed by atoms with Crippen LogP contribution in [0.1, 0.15) is 16.7 Å². The van der Waals surface area contributed by atoms with Crippen molar-refractivity contribution in [1.82, 2.24) is 5.48 Å². The molecule has 1 aliphatic heterocycles. The van der Waals surface area contributed by atoms with Gasteiger partial charge in [0.1, 0.15) is 0 Å². The highest BCUT2D eigenvalue weighted by atomic mass is 32.1. The van der Waals surface area contributed by atoms with Gasteiger partial charge in [-0.25, -0.2) is 15.3 Å². The van der Waals surface area contributed by atoms with Crippen LogP contribution in [-0.2, 0) is 4.84 Å². The number of hydrogen-bond donors (Lipinski definition) is 1. The Hall–Kier alpha value is -1.65. The lowest BCUT2D eigenvalue weighted by atomic mass is 10.2. The van der Waals surface area contributed by atoms with Gasteiger partial charge in [0.15, 0.2) is 5.84 Å². The summed E-state index contributed by atoms with van der Waals surface area (Å²) in [4.78, 5) is 11.0. The van der Waals surface area contributed by atoms with Gasteiger partial charge in [-0.15, -0.1) is 11.3 Å². The van der Waals surface area contributed by atoms with Gasteiger partial charge in [-0.1, -0.05) is 36.4 Å². The molecule has 0 amide bonds. The van der Waals surface area contributed by atoms with Crippen molar-refractivity contribution in [3.63, 3.8) is 0 Å². The Kier molecular flexibility index (Phi) is 2.44. The highest BCUT2D eigenvalue weighted by Crippen LogP contribution is 2.26. The number of benzene rings is 1. The normalized spacial score (nSPS) is 19.2. The number of nitrogens with one attached hydrogen (secondary N) is 1. The predicted molar refractivity (Wildman–Crippen MR) is 64.3 cm³/mol. The molecule has 1 unspecified atom stereocenters. The fraction of sp³-hybridized carbons (Fsp3) is 0.0833. The van der Waals surface area contributed by atoms with Gasteiger partial charge in [0.25, 0.3) is 0 Å². The summed E-state index contributed by atoms with van der Waals surface area (Å²) in [5.41, 5.74) is 3.91. The van der Waals surface area contributed by atoms with Gasteiger partial charge < -0.3 is 0 Å². The van der Waals surface area contributed by atoms with E-state index in [0.29, 0.717) is 0 Å². The maximum Gasteiger partial charge on any atom is 0.211 e. The van der Waals surface area contributed by atoms with Gasteiger partial charge >= 0.3 is 0 Å². The molecule has 0 aliphatic carbocycles.